The van der Waals surface area contributed by atoms with Crippen LogP contribution in [0.5, 0.6) is 5.75 Å². The van der Waals surface area contributed by atoms with Gasteiger partial charge < -0.3 is 20.3 Å². The van der Waals surface area contributed by atoms with Crippen molar-refractivity contribution in [1.82, 2.24) is 5.32 Å². The Labute approximate surface area is 168 Å². The van der Waals surface area contributed by atoms with Gasteiger partial charge >= 0.3 is 0 Å². The maximum atomic E-state index is 13.9. The molecule has 0 fully saturated rings. The molecule has 0 spiro atoms. The lowest BCUT2D eigenvalue weighted by molar-refractivity contribution is -0.881. The van der Waals surface area contributed by atoms with Crippen molar-refractivity contribution in [2.24, 2.45) is 0 Å². The molecule has 0 saturated heterocycles. The molecule has 2 amide bonds. The van der Waals surface area contributed by atoms with Gasteiger partial charge in [-0.2, -0.15) is 0 Å². The van der Waals surface area contributed by atoms with E-state index in [1.807, 2.05) is 6.92 Å². The van der Waals surface area contributed by atoms with Gasteiger partial charge in [0.1, 0.15) is 17.4 Å². The first-order valence-corrected chi connectivity index (χ1v) is 9.34. The van der Waals surface area contributed by atoms with Crippen molar-refractivity contribution in [1.29, 1.82) is 0 Å². The lowest BCUT2D eigenvalue weighted by Crippen LogP contribution is -3.14. The van der Waals surface area contributed by atoms with E-state index in [1.165, 1.54) is 6.07 Å². The molecule has 2 atom stereocenters. The summed E-state index contributed by atoms with van der Waals surface area (Å²) < 4.78 is 32.0. The summed E-state index contributed by atoms with van der Waals surface area (Å²) >= 11 is 0. The zero-order valence-electron chi connectivity index (χ0n) is 16.7. The summed E-state index contributed by atoms with van der Waals surface area (Å²) in [6.07, 6.45) is 0. The van der Waals surface area contributed by atoms with Crippen molar-refractivity contribution >= 4 is 17.5 Å². The molecular formula is C21H26F2N3O3+. The van der Waals surface area contributed by atoms with Crippen LogP contribution in [0.25, 0.3) is 0 Å². The number of hydrogen-bond donors (Lipinski definition) is 3. The van der Waals surface area contributed by atoms with Crippen LogP contribution < -0.4 is 20.3 Å². The Kier molecular flexibility index (Phi) is 8.09. The smallest absolute Gasteiger partial charge is 0.279 e. The maximum absolute atomic E-state index is 13.9. The molecule has 8 heteroatoms. The van der Waals surface area contributed by atoms with Crippen molar-refractivity contribution < 1.29 is 28.0 Å². The topological polar surface area (TPSA) is 71.9 Å². The van der Waals surface area contributed by atoms with Crippen LogP contribution in [0.1, 0.15) is 25.5 Å². The molecule has 1 unspecified atom stereocenters. The Morgan fingerprint density at radius 3 is 2.48 bits per heavy atom. The summed E-state index contributed by atoms with van der Waals surface area (Å²) in [5.74, 6) is -1.32. The summed E-state index contributed by atoms with van der Waals surface area (Å²) in [5, 5.41) is 5.47. The summed E-state index contributed by atoms with van der Waals surface area (Å²) in [7, 11) is 1.54. The molecule has 0 saturated carbocycles. The van der Waals surface area contributed by atoms with E-state index in [0.29, 0.717) is 18.0 Å². The van der Waals surface area contributed by atoms with Gasteiger partial charge in [-0.25, -0.2) is 8.78 Å². The first kappa shape index (κ1) is 22.3. The van der Waals surface area contributed by atoms with E-state index < -0.39 is 17.7 Å². The Morgan fingerprint density at radius 2 is 1.83 bits per heavy atom. The number of methoxy groups -OCH3 is 1. The monoisotopic (exact) mass is 406 g/mol. The third-order valence-electron chi connectivity index (χ3n) is 4.48. The largest absolute Gasteiger partial charge is 0.497 e. The molecule has 156 valence electrons. The molecule has 0 aliphatic rings. The van der Waals surface area contributed by atoms with Gasteiger partial charge in [0.15, 0.2) is 13.1 Å². The molecule has 2 aromatic carbocycles. The Bertz CT molecular complexity index is 861. The van der Waals surface area contributed by atoms with Crippen LogP contribution in [0.3, 0.4) is 0 Å². The predicted molar refractivity (Wildman–Crippen MR) is 106 cm³/mol. The van der Waals surface area contributed by atoms with E-state index in [0.717, 1.165) is 17.0 Å². The SMILES string of the molecule is CC[NH+](CC(=O)Nc1cccc(OC)c1)CC(=O)N[C@H](C)c1ccc(F)cc1F. The summed E-state index contributed by atoms with van der Waals surface area (Å²) in [5.41, 5.74) is 0.809. The number of carbonyl (C=O) groups is 2. The molecular weight excluding hydrogens is 380 g/mol. The van der Waals surface area contributed by atoms with Gasteiger partial charge in [0.2, 0.25) is 0 Å². The van der Waals surface area contributed by atoms with Crippen molar-refractivity contribution in [3.63, 3.8) is 0 Å². The highest BCUT2D eigenvalue weighted by molar-refractivity contribution is 5.91. The summed E-state index contributed by atoms with van der Waals surface area (Å²) in [6, 6.07) is 9.61. The highest BCUT2D eigenvalue weighted by Crippen LogP contribution is 2.17. The first-order chi connectivity index (χ1) is 13.8. The number of benzene rings is 2. The molecule has 2 rings (SSSR count). The van der Waals surface area contributed by atoms with Crippen LogP contribution in [-0.4, -0.2) is 38.6 Å². The molecule has 2 aromatic rings. The molecule has 0 heterocycles. The molecule has 0 radical (unpaired) electrons. The zero-order valence-corrected chi connectivity index (χ0v) is 16.7. The van der Waals surface area contributed by atoms with Crippen LogP contribution in [-0.2, 0) is 9.59 Å². The van der Waals surface area contributed by atoms with Crippen molar-refractivity contribution in [2.45, 2.75) is 19.9 Å². The van der Waals surface area contributed by atoms with E-state index >= 15 is 0 Å². The average molecular weight is 406 g/mol. The lowest BCUT2D eigenvalue weighted by atomic mass is 10.1. The fourth-order valence-electron chi connectivity index (χ4n) is 2.90. The van der Waals surface area contributed by atoms with Crippen LogP contribution in [0.4, 0.5) is 14.5 Å². The van der Waals surface area contributed by atoms with Crippen LogP contribution in [0.2, 0.25) is 0 Å². The average Bonchev–Trinajstić information content (AvgIpc) is 2.67. The molecule has 3 N–H and O–H groups in total. The fraction of sp³-hybridized carbons (Fsp3) is 0.333. The fourth-order valence-corrected chi connectivity index (χ4v) is 2.90. The molecule has 0 aliphatic heterocycles. The van der Waals surface area contributed by atoms with Gasteiger partial charge in [0.25, 0.3) is 11.8 Å². The van der Waals surface area contributed by atoms with Gasteiger partial charge in [-0.05, 0) is 32.0 Å². The number of rotatable bonds is 9. The molecule has 6 nitrogen and oxygen atoms in total. The van der Waals surface area contributed by atoms with Gasteiger partial charge in [0, 0.05) is 23.4 Å². The van der Waals surface area contributed by atoms with Gasteiger partial charge in [-0.3, -0.25) is 9.59 Å². The number of carbonyl (C=O) groups excluding carboxylic acids is 2. The minimum absolute atomic E-state index is 0.0508. The Morgan fingerprint density at radius 1 is 1.10 bits per heavy atom. The number of halogens is 2. The van der Waals surface area contributed by atoms with E-state index in [-0.39, 0.29) is 30.5 Å². The normalized spacial score (nSPS) is 12.7. The van der Waals surface area contributed by atoms with Crippen molar-refractivity contribution in [2.75, 3.05) is 32.1 Å². The standard InChI is InChI=1S/C21H25F2N3O3/c1-4-26(13-21(28)25-16-6-5-7-17(11-16)29-3)12-20(27)24-14(2)18-9-8-15(22)10-19(18)23/h5-11,14H,4,12-13H2,1-3H3,(H,24,27)(H,25,28)/p+1/t14-/m1/s1. The van der Waals surface area contributed by atoms with Gasteiger partial charge in [-0.15, -0.1) is 0 Å². The van der Waals surface area contributed by atoms with E-state index in [9.17, 15) is 18.4 Å². The van der Waals surface area contributed by atoms with Crippen LogP contribution >= 0.6 is 0 Å². The number of anilines is 1. The highest BCUT2D eigenvalue weighted by Gasteiger charge is 2.20. The van der Waals surface area contributed by atoms with Crippen molar-refractivity contribution in [3.8, 4) is 5.75 Å². The predicted octanol–water partition coefficient (Wildman–Crippen LogP) is 1.69. The van der Waals surface area contributed by atoms with Crippen molar-refractivity contribution in [3.05, 3.63) is 59.7 Å². The van der Waals surface area contributed by atoms with Gasteiger partial charge in [0.05, 0.1) is 19.7 Å². The number of ether oxygens (including phenoxy) is 1. The summed E-state index contributed by atoms with van der Waals surface area (Å²) in [6.45, 7) is 4.19. The highest BCUT2D eigenvalue weighted by atomic mass is 19.1. The first-order valence-electron chi connectivity index (χ1n) is 9.34. The van der Waals surface area contributed by atoms with Crippen LogP contribution in [0.15, 0.2) is 42.5 Å². The minimum Gasteiger partial charge on any atom is -0.497 e. The number of hydrogen-bond acceptors (Lipinski definition) is 3. The number of quaternary nitrogens is 1. The second kappa shape index (κ2) is 10.5. The lowest BCUT2D eigenvalue weighted by Gasteiger charge is -2.19. The second-order valence-electron chi connectivity index (χ2n) is 6.69. The van der Waals surface area contributed by atoms with E-state index in [4.69, 9.17) is 4.74 Å². The van der Waals surface area contributed by atoms with E-state index in [1.54, 1.807) is 38.3 Å². The number of amides is 2. The second-order valence-corrected chi connectivity index (χ2v) is 6.69. The molecule has 0 bridgehead atoms. The van der Waals surface area contributed by atoms with Crippen LogP contribution in [0, 0.1) is 11.6 Å². The van der Waals surface area contributed by atoms with E-state index in [2.05, 4.69) is 10.6 Å². The summed E-state index contributed by atoms with van der Waals surface area (Å²) in [4.78, 5) is 25.4. The molecule has 0 aliphatic carbocycles. The third-order valence-corrected chi connectivity index (χ3v) is 4.48. The number of likely N-dealkylation sites (N-methyl/N-ethyl adjacent to an activating group) is 1. The molecule has 29 heavy (non-hydrogen) atoms. The molecule has 0 aromatic heterocycles. The maximum Gasteiger partial charge on any atom is 0.279 e. The Hall–Kier alpha value is -3.00. The quantitative estimate of drug-likeness (QED) is 0.594. The minimum atomic E-state index is -0.713. The third kappa shape index (κ3) is 6.83. The number of nitrogens with one attached hydrogen (secondary N) is 3. The Balaban J connectivity index is 1.89. The zero-order chi connectivity index (χ0) is 21.4. The van der Waals surface area contributed by atoms with Gasteiger partial charge in [-0.1, -0.05) is 12.1 Å².